The molecule has 3 aromatic rings. The first kappa shape index (κ1) is 28.6. The Morgan fingerprint density at radius 2 is 1.86 bits per heavy atom. The molecule has 190 valence electrons. The van der Waals surface area contributed by atoms with E-state index in [9.17, 15) is 8.42 Å². The average Bonchev–Trinajstić information content (AvgIpc) is 3.33. The highest BCUT2D eigenvalue weighted by Gasteiger charge is 2.24. The Balaban J connectivity index is 0.00000432. The van der Waals surface area contributed by atoms with Gasteiger partial charge in [0.05, 0.1) is 5.69 Å². The maximum absolute atomic E-state index is 13.3. The molecule has 0 bridgehead atoms. The highest BCUT2D eigenvalue weighted by Crippen LogP contribution is 2.38. The van der Waals surface area contributed by atoms with Gasteiger partial charge in [0.2, 0.25) is 0 Å². The fraction of sp³-hybridized carbons (Fsp3) is 0.320. The van der Waals surface area contributed by atoms with Crippen molar-refractivity contribution in [1.29, 1.82) is 0 Å². The maximum Gasteiger partial charge on any atom is 0.287 e. The van der Waals surface area contributed by atoms with Gasteiger partial charge in [-0.2, -0.15) is 8.42 Å². The lowest BCUT2D eigenvalue weighted by molar-refractivity contribution is 0.468. The molecule has 0 amide bonds. The Morgan fingerprint density at radius 3 is 2.51 bits per heavy atom. The molecule has 2 aromatic carbocycles. The maximum atomic E-state index is 13.3. The van der Waals surface area contributed by atoms with Gasteiger partial charge in [0.1, 0.15) is 17.0 Å². The lowest BCUT2D eigenvalue weighted by Crippen LogP contribution is -2.15. The zero-order chi connectivity index (χ0) is 24.4. The van der Waals surface area contributed by atoms with Crippen LogP contribution >= 0.6 is 23.7 Å². The summed E-state index contributed by atoms with van der Waals surface area (Å²) in [7, 11) is -0.562. The Kier molecular flexibility index (Phi) is 11.5. The summed E-state index contributed by atoms with van der Waals surface area (Å²) in [5, 5.41) is 8.81. The van der Waals surface area contributed by atoms with Crippen molar-refractivity contribution in [3.8, 4) is 11.5 Å². The van der Waals surface area contributed by atoms with E-state index < -0.39 is 10.0 Å². The van der Waals surface area contributed by atoms with Gasteiger partial charge >= 0.3 is 0 Å². The van der Waals surface area contributed by atoms with Crippen molar-refractivity contribution in [3.63, 3.8) is 0 Å². The fourth-order valence-corrected chi connectivity index (χ4v) is 4.94. The number of ether oxygens (including phenoxy) is 1. The summed E-state index contributed by atoms with van der Waals surface area (Å²) < 4.78 is 36.6. The highest BCUT2D eigenvalue weighted by molar-refractivity contribution is 7.90. The van der Waals surface area contributed by atoms with Gasteiger partial charge in [0, 0.05) is 38.6 Å². The minimum absolute atomic E-state index is 0. The van der Waals surface area contributed by atoms with Crippen LogP contribution < -0.4 is 15.4 Å². The zero-order valence-corrected chi connectivity index (χ0v) is 22.7. The molecule has 0 fully saturated rings. The van der Waals surface area contributed by atoms with E-state index in [-0.39, 0.29) is 23.1 Å². The number of nitrogens with one attached hydrogen (secondary N) is 2. The number of anilines is 1. The number of hydrogen-bond donors (Lipinski definition) is 2. The summed E-state index contributed by atoms with van der Waals surface area (Å²) in [4.78, 5) is 2.83. The van der Waals surface area contributed by atoms with Crippen LogP contribution in [0, 0.1) is 0 Å². The van der Waals surface area contributed by atoms with Crippen molar-refractivity contribution in [2.45, 2.75) is 37.8 Å². The summed E-state index contributed by atoms with van der Waals surface area (Å²) >= 11 is 1.68. The smallest absolute Gasteiger partial charge is 0.287 e. The van der Waals surface area contributed by atoms with Crippen LogP contribution in [0.1, 0.15) is 30.2 Å². The molecule has 2 N–H and O–H groups in total. The van der Waals surface area contributed by atoms with Crippen LogP contribution in [-0.2, 0) is 23.1 Å². The summed E-state index contributed by atoms with van der Waals surface area (Å²) in [5.41, 5.74) is 1.46. The second kappa shape index (κ2) is 14.1. The minimum atomic E-state index is -4.01. The molecular formula is C25H33ClN4O3S2. The summed E-state index contributed by atoms with van der Waals surface area (Å²) in [6.45, 7) is 4.03. The van der Waals surface area contributed by atoms with Gasteiger partial charge in [-0.1, -0.05) is 37.6 Å². The molecule has 7 nitrogen and oxygen atoms in total. The fourth-order valence-electron chi connectivity index (χ4n) is 3.15. The number of sulfonamides is 1. The van der Waals surface area contributed by atoms with E-state index in [1.807, 2.05) is 35.7 Å². The molecule has 0 aliphatic rings. The molecule has 0 spiro atoms. The van der Waals surface area contributed by atoms with Crippen LogP contribution in [-0.4, -0.2) is 40.3 Å². The molecule has 10 heteroatoms. The van der Waals surface area contributed by atoms with Gasteiger partial charge in [-0.15, -0.1) is 28.1 Å². The van der Waals surface area contributed by atoms with Crippen LogP contribution in [0.15, 0.2) is 69.3 Å². The second-order valence-corrected chi connectivity index (χ2v) is 10.6. The van der Waals surface area contributed by atoms with E-state index in [2.05, 4.69) is 28.0 Å². The van der Waals surface area contributed by atoms with Crippen LogP contribution in [0.25, 0.3) is 0 Å². The molecule has 1 aromatic heterocycles. The number of rotatable bonds is 13. The molecule has 0 radical (unpaired) electrons. The van der Waals surface area contributed by atoms with E-state index in [1.54, 1.807) is 48.5 Å². The Hall–Kier alpha value is -2.59. The first-order valence-corrected chi connectivity index (χ1v) is 13.5. The molecule has 3 rings (SSSR count). The van der Waals surface area contributed by atoms with Crippen LogP contribution in [0.3, 0.4) is 0 Å². The van der Waals surface area contributed by atoms with E-state index in [0.717, 1.165) is 18.4 Å². The number of hydrogen-bond acceptors (Lipinski definition) is 6. The van der Waals surface area contributed by atoms with E-state index in [1.165, 1.54) is 11.2 Å². The third-order valence-electron chi connectivity index (χ3n) is 4.83. The topological polar surface area (TPSA) is 83.0 Å². The largest absolute Gasteiger partial charge is 0.454 e. The normalized spacial score (nSPS) is 11.3. The molecular weight excluding hydrogens is 504 g/mol. The van der Waals surface area contributed by atoms with Gasteiger partial charge in [0.25, 0.3) is 10.0 Å². The van der Waals surface area contributed by atoms with Crippen LogP contribution in [0.4, 0.5) is 5.69 Å². The predicted molar refractivity (Wildman–Crippen MR) is 148 cm³/mol. The number of nitrogens with zero attached hydrogens (tertiary/aromatic N) is 2. The lowest BCUT2D eigenvalue weighted by atomic mass is 10.1. The number of unbranched alkanes of at least 4 members (excludes halogenated alkanes) is 1. The summed E-state index contributed by atoms with van der Waals surface area (Å²) in [6.07, 6.45) is 3.25. The van der Waals surface area contributed by atoms with Crippen molar-refractivity contribution >= 4 is 45.8 Å². The number of halogens is 1. The van der Waals surface area contributed by atoms with Gasteiger partial charge in [-0.05, 0) is 47.7 Å². The first-order valence-electron chi connectivity index (χ1n) is 11.2. The molecule has 35 heavy (non-hydrogen) atoms. The Morgan fingerprint density at radius 1 is 1.09 bits per heavy atom. The van der Waals surface area contributed by atoms with Crippen molar-refractivity contribution < 1.29 is 13.2 Å². The van der Waals surface area contributed by atoms with Crippen molar-refractivity contribution in [2.24, 2.45) is 4.40 Å². The van der Waals surface area contributed by atoms with Gasteiger partial charge in [0.15, 0.2) is 5.75 Å². The molecule has 0 aliphatic carbocycles. The van der Waals surface area contributed by atoms with Crippen LogP contribution in [0.5, 0.6) is 11.5 Å². The molecule has 0 saturated heterocycles. The molecule has 0 saturated carbocycles. The molecule has 0 atom stereocenters. The average molecular weight is 537 g/mol. The Labute approximate surface area is 218 Å². The lowest BCUT2D eigenvalue weighted by Gasteiger charge is -2.18. The van der Waals surface area contributed by atoms with Gasteiger partial charge < -0.3 is 20.3 Å². The van der Waals surface area contributed by atoms with E-state index in [0.29, 0.717) is 31.1 Å². The summed E-state index contributed by atoms with van der Waals surface area (Å²) in [5.74, 6) is 0.804. The molecule has 0 aliphatic heterocycles. The zero-order valence-electron chi connectivity index (χ0n) is 20.2. The Bertz CT molecular complexity index is 1170. The van der Waals surface area contributed by atoms with Gasteiger partial charge in [-0.3, -0.25) is 0 Å². The number of benzene rings is 2. The number of para-hydroxylation sites is 1. The second-order valence-electron chi connectivity index (χ2n) is 8.01. The van der Waals surface area contributed by atoms with Crippen molar-refractivity contribution in [1.82, 2.24) is 10.2 Å². The van der Waals surface area contributed by atoms with Gasteiger partial charge in [-0.25, -0.2) is 0 Å². The SMILES string of the molecule is CCCCNc1cc(CNCc2cccs2)cc(S(=O)(=O)N=CN(C)C)c1Oc1ccccc1.Cl. The quantitative estimate of drug-likeness (QED) is 0.164. The summed E-state index contributed by atoms with van der Waals surface area (Å²) in [6, 6.07) is 16.9. The highest BCUT2D eigenvalue weighted by atomic mass is 35.5. The minimum Gasteiger partial charge on any atom is -0.454 e. The first-order chi connectivity index (χ1) is 16.4. The third kappa shape index (κ3) is 8.85. The molecule has 0 unspecified atom stereocenters. The standard InChI is InChI=1S/C25H32N4O3S2.ClH/c1-4-5-13-27-23-15-20(17-26-18-22-12-9-14-33-22)16-24(34(30,31)28-19-29(2)3)25(23)32-21-10-7-6-8-11-21;/h6-12,14-16,19,26-27H,4-5,13,17-18H2,1-3H3;1H. The predicted octanol–water partition coefficient (Wildman–Crippen LogP) is 5.74. The monoisotopic (exact) mass is 536 g/mol. The van der Waals surface area contributed by atoms with E-state index in [4.69, 9.17) is 4.74 Å². The van der Waals surface area contributed by atoms with Crippen molar-refractivity contribution in [3.05, 3.63) is 70.4 Å². The van der Waals surface area contributed by atoms with Crippen LogP contribution in [0.2, 0.25) is 0 Å². The third-order valence-corrected chi connectivity index (χ3v) is 6.93. The van der Waals surface area contributed by atoms with Crippen molar-refractivity contribution in [2.75, 3.05) is 26.0 Å². The van der Waals surface area contributed by atoms with E-state index >= 15 is 0 Å². The number of thiophene rings is 1. The molecule has 1 heterocycles.